The summed E-state index contributed by atoms with van der Waals surface area (Å²) in [4.78, 5) is 31.7. The maximum absolute atomic E-state index is 12.8. The fourth-order valence-electron chi connectivity index (χ4n) is 3.13. The number of amides is 2. The summed E-state index contributed by atoms with van der Waals surface area (Å²) < 4.78 is 0. The fourth-order valence-corrected chi connectivity index (χ4v) is 3.82. The maximum atomic E-state index is 12.8. The van der Waals surface area contributed by atoms with Gasteiger partial charge >= 0.3 is 0 Å². The summed E-state index contributed by atoms with van der Waals surface area (Å²) in [6.07, 6.45) is 0. The van der Waals surface area contributed by atoms with E-state index in [1.807, 2.05) is 52.7 Å². The molecule has 0 radical (unpaired) electrons. The van der Waals surface area contributed by atoms with Gasteiger partial charge in [-0.05, 0) is 17.0 Å². The van der Waals surface area contributed by atoms with Crippen LogP contribution in [-0.2, 0) is 4.79 Å². The molecular formula is C19H23N3O2S. The Morgan fingerprint density at radius 1 is 1.00 bits per heavy atom. The van der Waals surface area contributed by atoms with E-state index in [1.54, 1.807) is 19.0 Å². The van der Waals surface area contributed by atoms with Crippen LogP contribution >= 0.6 is 11.3 Å². The highest BCUT2D eigenvalue weighted by Crippen LogP contribution is 2.24. The number of thiophene rings is 1. The van der Waals surface area contributed by atoms with E-state index >= 15 is 0 Å². The van der Waals surface area contributed by atoms with Crippen molar-refractivity contribution >= 4 is 23.2 Å². The molecule has 0 bridgehead atoms. The molecule has 1 aliphatic heterocycles. The van der Waals surface area contributed by atoms with Crippen LogP contribution in [0.4, 0.5) is 0 Å². The Kier molecular flexibility index (Phi) is 5.50. The standard InChI is InChI=1S/C19H23N3O2S/c1-20(2)19(24)17(15-7-4-3-5-8-15)21-10-12-22(13-11-21)18(23)16-9-6-14-25-16/h3-9,14,17H,10-13H2,1-2H3/t17-/m0/s1. The summed E-state index contributed by atoms with van der Waals surface area (Å²) in [6, 6.07) is 13.3. The van der Waals surface area contributed by atoms with Gasteiger partial charge < -0.3 is 9.80 Å². The third kappa shape index (κ3) is 3.91. The van der Waals surface area contributed by atoms with Crippen LogP contribution in [0.25, 0.3) is 0 Å². The summed E-state index contributed by atoms with van der Waals surface area (Å²) in [5.74, 6) is 0.161. The normalized spacial score (nSPS) is 16.5. The van der Waals surface area contributed by atoms with Crippen LogP contribution in [0.1, 0.15) is 21.3 Å². The first-order chi connectivity index (χ1) is 12.1. The van der Waals surface area contributed by atoms with Crippen molar-refractivity contribution in [2.24, 2.45) is 0 Å². The minimum atomic E-state index is -0.296. The van der Waals surface area contributed by atoms with Crippen molar-refractivity contribution in [2.75, 3.05) is 40.3 Å². The van der Waals surface area contributed by atoms with Crippen LogP contribution < -0.4 is 0 Å². The SMILES string of the molecule is CN(C)C(=O)[C@H](c1ccccc1)N1CCN(C(=O)c2cccs2)CC1. The maximum Gasteiger partial charge on any atom is 0.264 e. The highest BCUT2D eigenvalue weighted by molar-refractivity contribution is 7.12. The number of rotatable bonds is 4. The van der Waals surface area contributed by atoms with Gasteiger partial charge in [0.15, 0.2) is 0 Å². The molecule has 1 atom stereocenters. The zero-order chi connectivity index (χ0) is 17.8. The Labute approximate surface area is 152 Å². The summed E-state index contributed by atoms with van der Waals surface area (Å²) >= 11 is 1.47. The number of piperazine rings is 1. The van der Waals surface area contributed by atoms with Crippen LogP contribution in [0.3, 0.4) is 0 Å². The molecule has 3 rings (SSSR count). The van der Waals surface area contributed by atoms with Crippen molar-refractivity contribution in [1.29, 1.82) is 0 Å². The van der Waals surface area contributed by atoms with Gasteiger partial charge in [-0.25, -0.2) is 0 Å². The van der Waals surface area contributed by atoms with Crippen LogP contribution in [0.5, 0.6) is 0 Å². The summed E-state index contributed by atoms with van der Waals surface area (Å²) in [6.45, 7) is 2.66. The van der Waals surface area contributed by atoms with Crippen molar-refractivity contribution in [3.05, 3.63) is 58.3 Å². The molecule has 2 amide bonds. The van der Waals surface area contributed by atoms with Gasteiger partial charge in [-0.15, -0.1) is 11.3 Å². The Hall–Kier alpha value is -2.18. The van der Waals surface area contributed by atoms with E-state index < -0.39 is 0 Å². The number of hydrogen-bond donors (Lipinski definition) is 0. The van der Waals surface area contributed by atoms with Gasteiger partial charge in [0.05, 0.1) is 4.88 Å². The molecule has 0 spiro atoms. The van der Waals surface area contributed by atoms with Crippen molar-refractivity contribution < 1.29 is 9.59 Å². The second-order valence-corrected chi connectivity index (χ2v) is 7.30. The highest BCUT2D eigenvalue weighted by Gasteiger charge is 2.32. The zero-order valence-corrected chi connectivity index (χ0v) is 15.4. The molecule has 1 aromatic carbocycles. The Bertz CT molecular complexity index is 708. The lowest BCUT2D eigenvalue weighted by Crippen LogP contribution is -2.52. The molecule has 0 saturated carbocycles. The van der Waals surface area contributed by atoms with Crippen LogP contribution in [0.15, 0.2) is 47.8 Å². The molecule has 1 fully saturated rings. The molecule has 0 N–H and O–H groups in total. The lowest BCUT2D eigenvalue weighted by Gasteiger charge is -2.39. The van der Waals surface area contributed by atoms with Crippen molar-refractivity contribution in [2.45, 2.75) is 6.04 Å². The number of likely N-dealkylation sites (N-methyl/N-ethyl adjacent to an activating group) is 1. The molecule has 0 aliphatic carbocycles. The second-order valence-electron chi connectivity index (χ2n) is 6.35. The Balaban J connectivity index is 1.72. The summed E-state index contributed by atoms with van der Waals surface area (Å²) in [5, 5.41) is 1.92. The zero-order valence-electron chi connectivity index (χ0n) is 14.6. The molecule has 2 aromatic rings. The topological polar surface area (TPSA) is 43.9 Å². The summed E-state index contributed by atoms with van der Waals surface area (Å²) in [5.41, 5.74) is 0.999. The predicted octanol–water partition coefficient (Wildman–Crippen LogP) is 2.34. The van der Waals surface area contributed by atoms with Crippen molar-refractivity contribution in [1.82, 2.24) is 14.7 Å². The van der Waals surface area contributed by atoms with E-state index in [-0.39, 0.29) is 17.9 Å². The van der Waals surface area contributed by atoms with E-state index in [0.717, 1.165) is 10.4 Å². The van der Waals surface area contributed by atoms with Gasteiger partial charge in [-0.1, -0.05) is 36.4 Å². The van der Waals surface area contributed by atoms with E-state index in [4.69, 9.17) is 0 Å². The van der Waals surface area contributed by atoms with Crippen LogP contribution in [0, 0.1) is 0 Å². The Morgan fingerprint density at radius 2 is 1.68 bits per heavy atom. The first-order valence-electron chi connectivity index (χ1n) is 8.41. The number of carbonyl (C=O) groups excluding carboxylic acids is 2. The smallest absolute Gasteiger partial charge is 0.264 e. The molecule has 0 unspecified atom stereocenters. The molecule has 2 heterocycles. The minimum Gasteiger partial charge on any atom is -0.347 e. The Morgan fingerprint density at radius 3 is 2.24 bits per heavy atom. The molecule has 1 aromatic heterocycles. The molecule has 6 heteroatoms. The van der Waals surface area contributed by atoms with E-state index in [1.165, 1.54) is 11.3 Å². The lowest BCUT2D eigenvalue weighted by atomic mass is 10.0. The second kappa shape index (κ2) is 7.80. The first kappa shape index (κ1) is 17.6. The largest absolute Gasteiger partial charge is 0.347 e. The van der Waals surface area contributed by atoms with Crippen LogP contribution in [-0.4, -0.2) is 66.8 Å². The minimum absolute atomic E-state index is 0.0734. The molecule has 5 nitrogen and oxygen atoms in total. The number of hydrogen-bond acceptors (Lipinski definition) is 4. The molecular weight excluding hydrogens is 334 g/mol. The van der Waals surface area contributed by atoms with Gasteiger partial charge in [0.25, 0.3) is 5.91 Å². The molecule has 1 aliphatic rings. The highest BCUT2D eigenvalue weighted by atomic mass is 32.1. The lowest BCUT2D eigenvalue weighted by molar-refractivity contribution is -0.135. The average Bonchev–Trinajstić information content (AvgIpc) is 3.17. The number of benzene rings is 1. The predicted molar refractivity (Wildman–Crippen MR) is 99.7 cm³/mol. The third-order valence-corrected chi connectivity index (χ3v) is 5.35. The van der Waals surface area contributed by atoms with Gasteiger partial charge in [0.2, 0.25) is 5.91 Å². The van der Waals surface area contributed by atoms with Gasteiger partial charge in [-0.2, -0.15) is 0 Å². The van der Waals surface area contributed by atoms with Crippen molar-refractivity contribution in [3.63, 3.8) is 0 Å². The van der Waals surface area contributed by atoms with Crippen LogP contribution in [0.2, 0.25) is 0 Å². The van der Waals surface area contributed by atoms with Gasteiger partial charge in [0, 0.05) is 40.3 Å². The first-order valence-corrected chi connectivity index (χ1v) is 9.29. The molecule has 132 valence electrons. The molecule has 25 heavy (non-hydrogen) atoms. The number of carbonyl (C=O) groups is 2. The van der Waals surface area contributed by atoms with Gasteiger partial charge in [0.1, 0.15) is 6.04 Å². The van der Waals surface area contributed by atoms with Crippen molar-refractivity contribution in [3.8, 4) is 0 Å². The molecule has 1 saturated heterocycles. The quantitative estimate of drug-likeness (QED) is 0.844. The third-order valence-electron chi connectivity index (χ3n) is 4.49. The monoisotopic (exact) mass is 357 g/mol. The van der Waals surface area contributed by atoms with E-state index in [9.17, 15) is 9.59 Å². The fraction of sp³-hybridized carbons (Fsp3) is 0.368. The van der Waals surface area contributed by atoms with E-state index in [0.29, 0.717) is 26.2 Å². The van der Waals surface area contributed by atoms with Gasteiger partial charge in [-0.3, -0.25) is 14.5 Å². The number of nitrogens with zero attached hydrogens (tertiary/aromatic N) is 3. The average molecular weight is 357 g/mol. The summed E-state index contributed by atoms with van der Waals surface area (Å²) in [7, 11) is 3.57. The van der Waals surface area contributed by atoms with E-state index in [2.05, 4.69) is 4.90 Å².